The Hall–Kier alpha value is -3.34. The average molecular weight is 347 g/mol. The highest BCUT2D eigenvalue weighted by Gasteiger charge is 2.24. The Morgan fingerprint density at radius 1 is 1.32 bits per heavy atom. The molecule has 132 valence electrons. The summed E-state index contributed by atoms with van der Waals surface area (Å²) in [5.41, 5.74) is 4.76. The lowest BCUT2D eigenvalue weighted by Gasteiger charge is -2.14. The van der Waals surface area contributed by atoms with Gasteiger partial charge in [0.1, 0.15) is 6.33 Å². The highest BCUT2D eigenvalue weighted by Crippen LogP contribution is 2.28. The van der Waals surface area contributed by atoms with Crippen LogP contribution < -0.4 is 16.2 Å². The lowest BCUT2D eigenvalue weighted by atomic mass is 10.3. The molecule has 1 atom stereocenters. The fraction of sp³-hybridized carbons (Fsp3) is 0.286. The maximum absolute atomic E-state index is 12.0. The Balaban J connectivity index is 2.17. The van der Waals surface area contributed by atoms with Gasteiger partial charge in [-0.05, 0) is 19.1 Å². The lowest BCUT2D eigenvalue weighted by molar-refractivity contribution is -0.383. The third-order valence-corrected chi connectivity index (χ3v) is 3.04. The standard InChI is InChI=1S/C14H17N7O4/c1-9(7-25-2)18-12-11(21(23)24)13(17-8-16-12)19-20-14(22)10-3-5-15-6-4-10/h3-6,8-9H,7H2,1-2H3,(H,20,22)(H2,16,17,18,19). The lowest BCUT2D eigenvalue weighted by Crippen LogP contribution is -2.30. The van der Waals surface area contributed by atoms with Crippen LogP contribution in [0, 0.1) is 10.1 Å². The van der Waals surface area contributed by atoms with E-state index in [4.69, 9.17) is 4.74 Å². The molecule has 0 spiro atoms. The molecule has 0 saturated carbocycles. The zero-order chi connectivity index (χ0) is 18.2. The zero-order valence-corrected chi connectivity index (χ0v) is 13.6. The number of nitro groups is 1. The summed E-state index contributed by atoms with van der Waals surface area (Å²) in [6, 6.07) is 2.80. The van der Waals surface area contributed by atoms with Crippen LogP contribution >= 0.6 is 0 Å². The van der Waals surface area contributed by atoms with Crippen molar-refractivity contribution < 1.29 is 14.5 Å². The first-order chi connectivity index (χ1) is 12.0. The molecular weight excluding hydrogens is 330 g/mol. The Morgan fingerprint density at radius 2 is 2.00 bits per heavy atom. The Bertz CT molecular complexity index is 741. The van der Waals surface area contributed by atoms with Crippen LogP contribution in [0.4, 0.5) is 17.3 Å². The van der Waals surface area contributed by atoms with Gasteiger partial charge in [-0.2, -0.15) is 0 Å². The van der Waals surface area contributed by atoms with Gasteiger partial charge in [-0.1, -0.05) is 0 Å². The van der Waals surface area contributed by atoms with Crippen molar-refractivity contribution in [3.63, 3.8) is 0 Å². The van der Waals surface area contributed by atoms with Crippen LogP contribution in [-0.2, 0) is 4.74 Å². The third-order valence-electron chi connectivity index (χ3n) is 3.04. The Kier molecular flexibility index (Phi) is 6.12. The number of hydrogen-bond donors (Lipinski definition) is 3. The summed E-state index contributed by atoms with van der Waals surface area (Å²) in [5.74, 6) is -0.614. The molecule has 2 aromatic rings. The molecule has 0 aliphatic heterocycles. The molecule has 0 bridgehead atoms. The van der Waals surface area contributed by atoms with E-state index in [9.17, 15) is 14.9 Å². The van der Waals surface area contributed by atoms with E-state index in [1.807, 2.05) is 0 Å². The van der Waals surface area contributed by atoms with Gasteiger partial charge in [-0.25, -0.2) is 9.97 Å². The van der Waals surface area contributed by atoms with E-state index in [0.717, 1.165) is 6.33 Å². The molecule has 1 unspecified atom stereocenters. The van der Waals surface area contributed by atoms with E-state index in [-0.39, 0.29) is 23.4 Å². The normalized spacial score (nSPS) is 11.4. The molecule has 0 aliphatic rings. The summed E-state index contributed by atoms with van der Waals surface area (Å²) in [4.78, 5) is 34.3. The molecule has 0 aromatic carbocycles. The number of carbonyl (C=O) groups excluding carboxylic acids is 1. The highest BCUT2D eigenvalue weighted by molar-refractivity contribution is 5.94. The van der Waals surface area contributed by atoms with Crippen LogP contribution in [0.5, 0.6) is 0 Å². The second kappa shape index (κ2) is 8.49. The second-order valence-corrected chi connectivity index (χ2v) is 4.99. The third kappa shape index (κ3) is 4.81. The molecule has 11 nitrogen and oxygen atoms in total. The number of anilines is 2. The molecule has 11 heteroatoms. The summed E-state index contributed by atoms with van der Waals surface area (Å²) in [5, 5.41) is 14.3. The minimum atomic E-state index is -0.636. The number of hydrazine groups is 1. The number of pyridine rings is 1. The first-order valence-corrected chi connectivity index (χ1v) is 7.24. The van der Waals surface area contributed by atoms with Crippen molar-refractivity contribution in [2.45, 2.75) is 13.0 Å². The molecular formula is C14H17N7O4. The summed E-state index contributed by atoms with van der Waals surface area (Å²) in [7, 11) is 1.52. The number of methoxy groups -OCH3 is 1. The topological polar surface area (TPSA) is 144 Å². The summed E-state index contributed by atoms with van der Waals surface area (Å²) in [6.45, 7) is 2.12. The molecule has 0 radical (unpaired) electrons. The molecule has 25 heavy (non-hydrogen) atoms. The van der Waals surface area contributed by atoms with Gasteiger partial charge >= 0.3 is 5.69 Å². The quantitative estimate of drug-likeness (QED) is 0.470. The fourth-order valence-corrected chi connectivity index (χ4v) is 1.97. The zero-order valence-electron chi connectivity index (χ0n) is 13.6. The SMILES string of the molecule is COCC(C)Nc1ncnc(NNC(=O)c2ccncc2)c1[N+](=O)[O-]. The van der Waals surface area contributed by atoms with Gasteiger partial charge < -0.3 is 10.1 Å². The van der Waals surface area contributed by atoms with E-state index in [0.29, 0.717) is 12.2 Å². The van der Waals surface area contributed by atoms with Crippen LogP contribution in [0.3, 0.4) is 0 Å². The smallest absolute Gasteiger partial charge is 0.354 e. The van der Waals surface area contributed by atoms with Gasteiger partial charge in [-0.15, -0.1) is 0 Å². The van der Waals surface area contributed by atoms with E-state index in [2.05, 4.69) is 31.1 Å². The minimum Gasteiger partial charge on any atom is -0.383 e. The number of aromatic nitrogens is 3. The molecule has 0 aliphatic carbocycles. The van der Waals surface area contributed by atoms with E-state index < -0.39 is 10.8 Å². The van der Waals surface area contributed by atoms with Crippen LogP contribution in [0.25, 0.3) is 0 Å². The van der Waals surface area contributed by atoms with Gasteiger partial charge in [0.05, 0.1) is 11.5 Å². The average Bonchev–Trinajstić information content (AvgIpc) is 2.60. The maximum Gasteiger partial charge on any atom is 0.354 e. The van der Waals surface area contributed by atoms with Gasteiger partial charge in [-0.3, -0.25) is 30.7 Å². The predicted octanol–water partition coefficient (Wildman–Crippen LogP) is 0.984. The van der Waals surface area contributed by atoms with E-state index >= 15 is 0 Å². The van der Waals surface area contributed by atoms with Gasteiger partial charge in [0.2, 0.25) is 11.6 Å². The van der Waals surface area contributed by atoms with Crippen molar-refractivity contribution >= 4 is 23.2 Å². The molecule has 3 N–H and O–H groups in total. The van der Waals surface area contributed by atoms with Crippen molar-refractivity contribution in [2.24, 2.45) is 0 Å². The molecule has 1 amide bonds. The van der Waals surface area contributed by atoms with Crippen LogP contribution in [0.1, 0.15) is 17.3 Å². The summed E-state index contributed by atoms with van der Waals surface area (Å²) in [6.07, 6.45) is 4.07. The van der Waals surface area contributed by atoms with Gasteiger partial charge in [0, 0.05) is 31.1 Å². The maximum atomic E-state index is 12.0. The number of amides is 1. The molecule has 2 rings (SSSR count). The first kappa shape index (κ1) is 18.0. The van der Waals surface area contributed by atoms with Crippen molar-refractivity contribution in [1.29, 1.82) is 0 Å². The van der Waals surface area contributed by atoms with Crippen molar-refractivity contribution in [1.82, 2.24) is 20.4 Å². The highest BCUT2D eigenvalue weighted by atomic mass is 16.6. The van der Waals surface area contributed by atoms with Crippen LogP contribution in [0.2, 0.25) is 0 Å². The number of carbonyl (C=O) groups is 1. The number of hydrogen-bond acceptors (Lipinski definition) is 9. The van der Waals surface area contributed by atoms with Crippen molar-refractivity contribution in [3.8, 4) is 0 Å². The van der Waals surface area contributed by atoms with E-state index in [1.54, 1.807) is 6.92 Å². The summed E-state index contributed by atoms with van der Waals surface area (Å²) < 4.78 is 4.98. The predicted molar refractivity (Wildman–Crippen MR) is 89.0 cm³/mol. The first-order valence-electron chi connectivity index (χ1n) is 7.24. The van der Waals surface area contributed by atoms with Crippen molar-refractivity contribution in [3.05, 3.63) is 46.5 Å². The molecule has 2 heterocycles. The van der Waals surface area contributed by atoms with E-state index in [1.165, 1.54) is 31.6 Å². The molecule has 2 aromatic heterocycles. The van der Waals surface area contributed by atoms with Crippen molar-refractivity contribution in [2.75, 3.05) is 24.5 Å². The number of nitrogens with one attached hydrogen (secondary N) is 3. The van der Waals surface area contributed by atoms with Crippen LogP contribution in [-0.4, -0.2) is 45.5 Å². The molecule has 0 fully saturated rings. The van der Waals surface area contributed by atoms with Gasteiger partial charge in [0.15, 0.2) is 0 Å². The minimum absolute atomic E-state index is 0.0187. The van der Waals surface area contributed by atoms with Crippen LogP contribution in [0.15, 0.2) is 30.9 Å². The largest absolute Gasteiger partial charge is 0.383 e. The fourth-order valence-electron chi connectivity index (χ4n) is 1.97. The Labute approximate surface area is 143 Å². The molecule has 0 saturated heterocycles. The second-order valence-electron chi connectivity index (χ2n) is 4.99. The number of rotatable bonds is 8. The number of nitrogens with zero attached hydrogens (tertiary/aromatic N) is 4. The number of ether oxygens (including phenoxy) is 1. The summed E-state index contributed by atoms with van der Waals surface area (Å²) >= 11 is 0. The Morgan fingerprint density at radius 3 is 2.64 bits per heavy atom. The van der Waals surface area contributed by atoms with Gasteiger partial charge in [0.25, 0.3) is 5.91 Å². The monoisotopic (exact) mass is 347 g/mol.